The summed E-state index contributed by atoms with van der Waals surface area (Å²) in [7, 11) is -3.77. The lowest BCUT2D eigenvalue weighted by Gasteiger charge is -2.29. The Morgan fingerprint density at radius 1 is 1.03 bits per heavy atom. The maximum absolute atomic E-state index is 13.0. The molecule has 0 unspecified atom stereocenters. The van der Waals surface area contributed by atoms with Gasteiger partial charge in [-0.05, 0) is 49.1 Å². The molecule has 1 fully saturated rings. The number of hydrogen-bond acceptors (Lipinski definition) is 6. The van der Waals surface area contributed by atoms with Gasteiger partial charge in [0.05, 0.1) is 10.5 Å². The Bertz CT molecular complexity index is 1130. The van der Waals surface area contributed by atoms with E-state index in [2.05, 4.69) is 33.7 Å². The first-order valence-corrected chi connectivity index (χ1v) is 12.5. The zero-order valence-corrected chi connectivity index (χ0v) is 20.3. The van der Waals surface area contributed by atoms with Crippen LogP contribution in [0, 0.1) is 5.92 Å². The Morgan fingerprint density at radius 2 is 1.70 bits per heavy atom. The molecule has 9 nitrogen and oxygen atoms in total. The minimum absolute atomic E-state index is 0.0190. The number of halogens is 1. The molecule has 1 aliphatic rings. The Hall–Kier alpha value is -2.76. The lowest BCUT2D eigenvalue weighted by atomic mass is 10.0. The molecule has 1 aliphatic heterocycles. The molecule has 33 heavy (non-hydrogen) atoms. The average Bonchev–Trinajstić information content (AvgIpc) is 2.81. The van der Waals surface area contributed by atoms with Gasteiger partial charge in [0.15, 0.2) is 6.61 Å². The first kappa shape index (κ1) is 24.9. The molecule has 2 aromatic carbocycles. The molecule has 0 saturated carbocycles. The molecule has 3 rings (SSSR count). The molecule has 0 radical (unpaired) electrons. The number of carbonyl (C=O) groups is 3. The van der Waals surface area contributed by atoms with Crippen LogP contribution >= 0.6 is 15.9 Å². The summed E-state index contributed by atoms with van der Waals surface area (Å²) in [5.41, 5.74) is 4.70. The summed E-state index contributed by atoms with van der Waals surface area (Å²) in [6.07, 6.45) is 1.55. The number of amides is 2. The van der Waals surface area contributed by atoms with E-state index >= 15 is 0 Å². The van der Waals surface area contributed by atoms with E-state index in [1.165, 1.54) is 22.5 Å². The van der Waals surface area contributed by atoms with Gasteiger partial charge in [-0.2, -0.15) is 4.31 Å². The Kier molecular flexibility index (Phi) is 8.22. The van der Waals surface area contributed by atoms with E-state index in [1.54, 1.807) is 30.3 Å². The number of ether oxygens (including phenoxy) is 1. The number of hydrazine groups is 1. The lowest BCUT2D eigenvalue weighted by Crippen LogP contribution is -2.43. The Balaban J connectivity index is 1.59. The van der Waals surface area contributed by atoms with Gasteiger partial charge >= 0.3 is 5.97 Å². The van der Waals surface area contributed by atoms with Crippen LogP contribution in [0.3, 0.4) is 0 Å². The molecule has 2 N–H and O–H groups in total. The fraction of sp³-hybridized carbons (Fsp3) is 0.318. The Morgan fingerprint density at radius 3 is 2.36 bits per heavy atom. The van der Waals surface area contributed by atoms with Gasteiger partial charge in [-0.25, -0.2) is 13.2 Å². The molecule has 176 valence electrons. The third-order valence-electron chi connectivity index (χ3n) is 5.17. The molecule has 0 bridgehead atoms. The van der Waals surface area contributed by atoms with Gasteiger partial charge in [-0.1, -0.05) is 41.1 Å². The number of benzene rings is 2. The molecule has 1 saturated heterocycles. The summed E-state index contributed by atoms with van der Waals surface area (Å²) >= 11 is 3.23. The van der Waals surface area contributed by atoms with Gasteiger partial charge < -0.3 is 4.74 Å². The maximum atomic E-state index is 13.0. The molecule has 0 atom stereocenters. The SMILES string of the molecule is CC1CCN(S(=O)(=O)c2cc(Br)cc(C(=O)OCC(=O)NNC(=O)c3ccccc3)c2)CC1. The van der Waals surface area contributed by atoms with Crippen molar-refractivity contribution in [2.45, 2.75) is 24.7 Å². The summed E-state index contributed by atoms with van der Waals surface area (Å²) < 4.78 is 32.8. The van der Waals surface area contributed by atoms with Gasteiger partial charge in [-0.3, -0.25) is 20.4 Å². The van der Waals surface area contributed by atoms with Crippen molar-refractivity contribution in [2.24, 2.45) is 5.92 Å². The summed E-state index contributed by atoms with van der Waals surface area (Å²) in [4.78, 5) is 36.3. The number of nitrogens with one attached hydrogen (secondary N) is 2. The van der Waals surface area contributed by atoms with Crippen LogP contribution in [-0.4, -0.2) is 50.2 Å². The van der Waals surface area contributed by atoms with Crippen LogP contribution in [0.2, 0.25) is 0 Å². The van der Waals surface area contributed by atoms with E-state index in [-0.39, 0.29) is 10.5 Å². The predicted molar refractivity (Wildman–Crippen MR) is 124 cm³/mol. The number of carbonyl (C=O) groups excluding carboxylic acids is 3. The highest BCUT2D eigenvalue weighted by atomic mass is 79.9. The number of esters is 1. The number of rotatable bonds is 6. The van der Waals surface area contributed by atoms with E-state index in [0.717, 1.165) is 12.8 Å². The highest BCUT2D eigenvalue weighted by Gasteiger charge is 2.29. The third-order valence-corrected chi connectivity index (χ3v) is 7.51. The van der Waals surface area contributed by atoms with Gasteiger partial charge in [-0.15, -0.1) is 0 Å². The third kappa shape index (κ3) is 6.62. The largest absolute Gasteiger partial charge is 0.452 e. The monoisotopic (exact) mass is 537 g/mol. The summed E-state index contributed by atoms with van der Waals surface area (Å²) in [6.45, 7) is 2.27. The van der Waals surface area contributed by atoms with Crippen molar-refractivity contribution in [1.29, 1.82) is 0 Å². The number of piperidine rings is 1. The minimum atomic E-state index is -3.77. The molecular weight excluding hydrogens is 514 g/mol. The van der Waals surface area contributed by atoms with E-state index < -0.39 is 34.4 Å². The molecular formula is C22H24BrN3O6S. The minimum Gasteiger partial charge on any atom is -0.452 e. The fourth-order valence-electron chi connectivity index (χ4n) is 3.24. The predicted octanol–water partition coefficient (Wildman–Crippen LogP) is 2.49. The smallest absolute Gasteiger partial charge is 0.338 e. The van der Waals surface area contributed by atoms with Gasteiger partial charge in [0.2, 0.25) is 10.0 Å². The van der Waals surface area contributed by atoms with Crippen molar-refractivity contribution in [3.8, 4) is 0 Å². The first-order valence-electron chi connectivity index (χ1n) is 10.3. The van der Waals surface area contributed by atoms with Crippen molar-refractivity contribution in [3.05, 3.63) is 64.1 Å². The van der Waals surface area contributed by atoms with Gasteiger partial charge in [0.25, 0.3) is 11.8 Å². The average molecular weight is 538 g/mol. The zero-order chi connectivity index (χ0) is 24.0. The van der Waals surface area contributed by atoms with E-state index in [1.807, 2.05) is 0 Å². The van der Waals surface area contributed by atoms with Crippen molar-refractivity contribution in [1.82, 2.24) is 15.2 Å². The molecule has 11 heteroatoms. The van der Waals surface area contributed by atoms with Crippen LogP contribution in [0.25, 0.3) is 0 Å². The fourth-order valence-corrected chi connectivity index (χ4v) is 5.43. The van der Waals surface area contributed by atoms with Crippen LogP contribution in [0.5, 0.6) is 0 Å². The van der Waals surface area contributed by atoms with Crippen molar-refractivity contribution in [3.63, 3.8) is 0 Å². The van der Waals surface area contributed by atoms with E-state index in [0.29, 0.717) is 29.0 Å². The summed E-state index contributed by atoms with van der Waals surface area (Å²) in [5.74, 6) is -1.68. The topological polar surface area (TPSA) is 122 Å². The van der Waals surface area contributed by atoms with Crippen molar-refractivity contribution >= 4 is 43.7 Å². The quantitative estimate of drug-likeness (QED) is 0.431. The summed E-state index contributed by atoms with van der Waals surface area (Å²) in [6, 6.07) is 12.3. The van der Waals surface area contributed by atoms with Gasteiger partial charge in [0, 0.05) is 23.1 Å². The summed E-state index contributed by atoms with van der Waals surface area (Å²) in [5, 5.41) is 0. The highest BCUT2D eigenvalue weighted by Crippen LogP contribution is 2.26. The first-order chi connectivity index (χ1) is 15.7. The van der Waals surface area contributed by atoms with Crippen LogP contribution in [0.15, 0.2) is 57.9 Å². The second-order valence-electron chi connectivity index (χ2n) is 7.71. The highest BCUT2D eigenvalue weighted by molar-refractivity contribution is 9.10. The van der Waals surface area contributed by atoms with Crippen molar-refractivity contribution < 1.29 is 27.5 Å². The van der Waals surface area contributed by atoms with E-state index in [4.69, 9.17) is 4.74 Å². The maximum Gasteiger partial charge on any atom is 0.338 e. The lowest BCUT2D eigenvalue weighted by molar-refractivity contribution is -0.125. The van der Waals surface area contributed by atoms with Crippen molar-refractivity contribution in [2.75, 3.05) is 19.7 Å². The van der Waals surface area contributed by atoms with Crippen LogP contribution < -0.4 is 10.9 Å². The second kappa shape index (κ2) is 10.9. The second-order valence-corrected chi connectivity index (χ2v) is 10.6. The number of hydrogen-bond donors (Lipinski definition) is 2. The molecule has 0 aromatic heterocycles. The standard InChI is InChI=1S/C22H24BrN3O6S/c1-15-7-9-26(10-8-15)33(30,31)19-12-17(11-18(23)13-19)22(29)32-14-20(27)24-25-21(28)16-5-3-2-4-6-16/h2-6,11-13,15H,7-10,14H2,1H3,(H,24,27)(H,25,28). The molecule has 0 spiro atoms. The normalized spacial score (nSPS) is 15.0. The van der Waals surface area contributed by atoms with Crippen LogP contribution in [-0.2, 0) is 19.6 Å². The van der Waals surface area contributed by atoms with E-state index in [9.17, 15) is 22.8 Å². The molecule has 1 heterocycles. The number of nitrogens with zero attached hydrogens (tertiary/aromatic N) is 1. The zero-order valence-electron chi connectivity index (χ0n) is 17.9. The van der Waals surface area contributed by atoms with Crippen LogP contribution in [0.1, 0.15) is 40.5 Å². The Labute approximate surface area is 200 Å². The molecule has 2 amide bonds. The molecule has 0 aliphatic carbocycles. The number of sulfonamides is 1. The molecule has 2 aromatic rings. The van der Waals surface area contributed by atoms with Crippen LogP contribution in [0.4, 0.5) is 0 Å². The van der Waals surface area contributed by atoms with Gasteiger partial charge in [0.1, 0.15) is 0 Å².